The second-order valence-corrected chi connectivity index (χ2v) is 16.8. The molecule has 1 fully saturated rings. The maximum absolute atomic E-state index is 12.6. The Bertz CT molecular complexity index is 1250. The van der Waals surface area contributed by atoms with Gasteiger partial charge >= 0.3 is 19.8 Å². The Balaban J connectivity index is 2.38. The van der Waals surface area contributed by atoms with E-state index in [1.54, 1.807) is 12.2 Å². The number of aliphatic hydroxyl groups is 2. The zero-order valence-corrected chi connectivity index (χ0v) is 36.6. The zero-order valence-electron chi connectivity index (χ0n) is 35.7. The van der Waals surface area contributed by atoms with E-state index in [9.17, 15) is 34.1 Å². The third kappa shape index (κ3) is 28.9. The SMILES string of the molecule is CCCCC/C=C\C/C=C\C/C=C\CCCCCCC(=O)O[C@H](COC(=O)CCCCCC[C@H]1[C@@H](O)CC(=O)[C@@H]1/C=C/[C@@H](O)CCCCC)COP(=O)(O)OCCN. The number of aliphatic hydroxyl groups excluding tert-OH is 2. The molecule has 1 saturated carbocycles. The molecule has 0 aromatic rings. The van der Waals surface area contributed by atoms with E-state index in [1.165, 1.54) is 19.3 Å². The number of carbonyl (C=O) groups excluding carboxylic acids is 3. The Morgan fingerprint density at radius 3 is 2.03 bits per heavy atom. The first-order chi connectivity index (χ1) is 28.0. The molecule has 1 unspecified atom stereocenters. The van der Waals surface area contributed by atoms with Crippen LogP contribution in [0.2, 0.25) is 0 Å². The standard InChI is InChI=1S/C45H78NO11P/c1-3-5-7-8-9-10-11-12-13-14-15-16-17-18-19-20-26-30-45(51)57-39(37-56-58(52,53)55-34-33-46)36-54-44(50)29-25-22-21-24-28-40-41(43(49)35-42(40)48)32-31-38(47)27-23-6-4-2/h9-10,12-13,15-16,31-32,38-42,47-48H,3-8,11,14,17-30,33-37,46H2,1-2H3,(H,52,53)/b10-9-,13-12-,16-15-,32-31+/t38-,39+,40+,41+,42-/m0/s1. The molecule has 0 saturated heterocycles. The normalized spacial score (nSPS) is 19.5. The van der Waals surface area contributed by atoms with Gasteiger partial charge in [0.25, 0.3) is 0 Å². The van der Waals surface area contributed by atoms with Crippen molar-refractivity contribution in [3.63, 3.8) is 0 Å². The van der Waals surface area contributed by atoms with E-state index in [0.29, 0.717) is 25.7 Å². The maximum Gasteiger partial charge on any atom is 0.472 e. The fourth-order valence-electron chi connectivity index (χ4n) is 6.72. The van der Waals surface area contributed by atoms with Gasteiger partial charge in [-0.2, -0.15) is 0 Å². The maximum atomic E-state index is 12.6. The minimum Gasteiger partial charge on any atom is -0.462 e. The molecule has 0 spiro atoms. The van der Waals surface area contributed by atoms with E-state index in [-0.39, 0.29) is 50.7 Å². The lowest BCUT2D eigenvalue weighted by Crippen LogP contribution is -2.29. The molecule has 1 aliphatic carbocycles. The minimum absolute atomic E-state index is 0.00167. The van der Waals surface area contributed by atoms with Crippen LogP contribution in [-0.2, 0) is 37.5 Å². The van der Waals surface area contributed by atoms with Gasteiger partial charge in [-0.25, -0.2) is 4.57 Å². The van der Waals surface area contributed by atoms with Crippen LogP contribution in [0, 0.1) is 11.8 Å². The van der Waals surface area contributed by atoms with Crippen molar-refractivity contribution >= 4 is 25.5 Å². The fraction of sp³-hybridized carbons (Fsp3) is 0.756. The lowest BCUT2D eigenvalue weighted by molar-refractivity contribution is -0.161. The molecule has 58 heavy (non-hydrogen) atoms. The van der Waals surface area contributed by atoms with E-state index >= 15 is 0 Å². The van der Waals surface area contributed by atoms with Gasteiger partial charge in [0.05, 0.1) is 25.4 Å². The molecule has 334 valence electrons. The number of carbonyl (C=O) groups is 3. The van der Waals surface area contributed by atoms with Crippen LogP contribution >= 0.6 is 7.82 Å². The molecular weight excluding hydrogens is 761 g/mol. The van der Waals surface area contributed by atoms with E-state index in [0.717, 1.165) is 83.5 Å². The summed E-state index contributed by atoms with van der Waals surface area (Å²) < 4.78 is 32.8. The van der Waals surface area contributed by atoms with Gasteiger partial charge in [-0.3, -0.25) is 23.4 Å². The molecular formula is C45H78NO11P. The summed E-state index contributed by atoms with van der Waals surface area (Å²) in [6.45, 7) is 3.30. The number of unbranched alkanes of at least 4 members (excludes halogenated alkanes) is 12. The van der Waals surface area contributed by atoms with Gasteiger partial charge in [-0.1, -0.05) is 127 Å². The number of hydrogen-bond donors (Lipinski definition) is 4. The van der Waals surface area contributed by atoms with E-state index in [1.807, 2.05) is 0 Å². The van der Waals surface area contributed by atoms with Crippen LogP contribution in [0.25, 0.3) is 0 Å². The Morgan fingerprint density at radius 2 is 1.38 bits per heavy atom. The highest BCUT2D eigenvalue weighted by atomic mass is 31.2. The van der Waals surface area contributed by atoms with Gasteiger partial charge < -0.3 is 30.3 Å². The highest BCUT2D eigenvalue weighted by Gasteiger charge is 2.39. The predicted octanol–water partition coefficient (Wildman–Crippen LogP) is 9.31. The third-order valence-electron chi connectivity index (χ3n) is 10.1. The highest BCUT2D eigenvalue weighted by molar-refractivity contribution is 7.47. The number of phosphoric acid groups is 1. The van der Waals surface area contributed by atoms with Crippen LogP contribution < -0.4 is 5.73 Å². The molecule has 6 atom stereocenters. The number of hydrogen-bond acceptors (Lipinski definition) is 11. The highest BCUT2D eigenvalue weighted by Crippen LogP contribution is 2.43. The first-order valence-electron chi connectivity index (χ1n) is 22.2. The Morgan fingerprint density at radius 1 is 0.793 bits per heavy atom. The van der Waals surface area contributed by atoms with Crippen LogP contribution in [-0.4, -0.2) is 77.5 Å². The monoisotopic (exact) mass is 840 g/mol. The molecule has 0 aromatic carbocycles. The lowest BCUT2D eigenvalue weighted by atomic mass is 9.88. The largest absolute Gasteiger partial charge is 0.472 e. The van der Waals surface area contributed by atoms with Crippen molar-refractivity contribution in [3.8, 4) is 0 Å². The van der Waals surface area contributed by atoms with Crippen LogP contribution in [0.5, 0.6) is 0 Å². The van der Waals surface area contributed by atoms with Crippen molar-refractivity contribution in [2.24, 2.45) is 17.6 Å². The lowest BCUT2D eigenvalue weighted by Gasteiger charge is -2.20. The molecule has 0 aromatic heterocycles. The van der Waals surface area contributed by atoms with Crippen molar-refractivity contribution in [3.05, 3.63) is 48.6 Å². The molecule has 0 bridgehead atoms. The number of allylic oxidation sites excluding steroid dienone is 7. The topological polar surface area (TPSA) is 192 Å². The fourth-order valence-corrected chi connectivity index (χ4v) is 7.49. The molecule has 5 N–H and O–H groups in total. The quantitative estimate of drug-likeness (QED) is 0.0201. The average molecular weight is 840 g/mol. The number of Topliss-reactive ketones (excluding diaryl/α,β-unsaturated/α-hetero) is 1. The molecule has 0 aliphatic heterocycles. The molecule has 13 heteroatoms. The molecule has 1 aliphatic rings. The van der Waals surface area contributed by atoms with Gasteiger partial charge in [0.15, 0.2) is 6.10 Å². The summed E-state index contributed by atoms with van der Waals surface area (Å²) in [6.07, 6.45) is 33.3. The summed E-state index contributed by atoms with van der Waals surface area (Å²) >= 11 is 0. The summed E-state index contributed by atoms with van der Waals surface area (Å²) in [4.78, 5) is 47.6. The van der Waals surface area contributed by atoms with Crippen LogP contribution in [0.4, 0.5) is 0 Å². The number of nitrogens with two attached hydrogens (primary N) is 1. The zero-order chi connectivity index (χ0) is 42.7. The molecule has 0 radical (unpaired) electrons. The molecule has 0 amide bonds. The number of ketones is 1. The first-order valence-corrected chi connectivity index (χ1v) is 23.7. The van der Waals surface area contributed by atoms with Gasteiger partial charge in [0.1, 0.15) is 12.4 Å². The number of rotatable bonds is 37. The van der Waals surface area contributed by atoms with Gasteiger partial charge in [-0.05, 0) is 70.1 Å². The van der Waals surface area contributed by atoms with Crippen molar-refractivity contribution < 1.29 is 52.6 Å². The number of phosphoric ester groups is 1. The number of ether oxygens (including phenoxy) is 2. The third-order valence-corrected chi connectivity index (χ3v) is 11.1. The predicted molar refractivity (Wildman–Crippen MR) is 230 cm³/mol. The van der Waals surface area contributed by atoms with Crippen LogP contribution in [0.15, 0.2) is 48.6 Å². The average Bonchev–Trinajstić information content (AvgIpc) is 3.47. The smallest absolute Gasteiger partial charge is 0.462 e. The van der Waals surface area contributed by atoms with E-state index in [4.69, 9.17) is 24.3 Å². The van der Waals surface area contributed by atoms with Gasteiger partial charge in [0.2, 0.25) is 0 Å². The summed E-state index contributed by atoms with van der Waals surface area (Å²) in [7, 11) is -4.44. The van der Waals surface area contributed by atoms with E-state index in [2.05, 4.69) is 50.3 Å². The summed E-state index contributed by atoms with van der Waals surface area (Å²) in [5.41, 5.74) is 5.34. The summed E-state index contributed by atoms with van der Waals surface area (Å²) in [6, 6.07) is 0. The van der Waals surface area contributed by atoms with E-state index < -0.39 is 50.6 Å². The van der Waals surface area contributed by atoms with Crippen LogP contribution in [0.3, 0.4) is 0 Å². The number of esters is 2. The van der Waals surface area contributed by atoms with Crippen molar-refractivity contribution in [2.45, 2.75) is 180 Å². The second kappa shape index (κ2) is 35.3. The van der Waals surface area contributed by atoms with Crippen molar-refractivity contribution in [1.29, 1.82) is 0 Å². The minimum atomic E-state index is -4.44. The Kier molecular flexibility index (Phi) is 32.6. The van der Waals surface area contributed by atoms with Crippen molar-refractivity contribution in [2.75, 3.05) is 26.4 Å². The Labute approximate surface area is 349 Å². The molecule has 1 rings (SSSR count). The van der Waals surface area contributed by atoms with Gasteiger partial charge in [0, 0.05) is 31.7 Å². The first kappa shape index (κ1) is 53.6. The van der Waals surface area contributed by atoms with Gasteiger partial charge in [-0.15, -0.1) is 0 Å². The summed E-state index contributed by atoms with van der Waals surface area (Å²) in [5.74, 6) is -1.59. The Hall–Kier alpha value is -2.44. The molecule has 0 heterocycles. The molecule has 12 nitrogen and oxygen atoms in total. The summed E-state index contributed by atoms with van der Waals surface area (Å²) in [5, 5.41) is 20.7. The van der Waals surface area contributed by atoms with Crippen molar-refractivity contribution in [1.82, 2.24) is 0 Å². The van der Waals surface area contributed by atoms with Crippen LogP contribution in [0.1, 0.15) is 162 Å². The second-order valence-electron chi connectivity index (χ2n) is 15.3.